The Hall–Kier alpha value is -1.74. The van der Waals surface area contributed by atoms with Crippen LogP contribution in [0.25, 0.3) is 0 Å². The fourth-order valence-electron chi connectivity index (χ4n) is 4.47. The SMILES string of the molecule is O=C(C1CC1)N1CCc2cc(Br)c(S(=O)(=O)N3CCN(Cc4ccccc4)CC3)cc21. The van der Waals surface area contributed by atoms with Gasteiger partial charge in [0.05, 0.1) is 4.90 Å². The first-order valence-corrected chi connectivity index (χ1v) is 13.1. The largest absolute Gasteiger partial charge is 0.312 e. The summed E-state index contributed by atoms with van der Waals surface area (Å²) in [6.45, 7) is 3.78. The van der Waals surface area contributed by atoms with E-state index in [2.05, 4.69) is 33.0 Å². The second-order valence-corrected chi connectivity index (χ2v) is 11.4. The topological polar surface area (TPSA) is 60.9 Å². The van der Waals surface area contributed by atoms with Crippen molar-refractivity contribution in [3.63, 3.8) is 0 Å². The van der Waals surface area contributed by atoms with E-state index >= 15 is 0 Å². The Kier molecular flexibility index (Phi) is 5.66. The van der Waals surface area contributed by atoms with E-state index in [1.54, 1.807) is 15.3 Å². The molecule has 0 bridgehead atoms. The minimum absolute atomic E-state index is 0.118. The number of fused-ring (bicyclic) bond motifs is 1. The summed E-state index contributed by atoms with van der Waals surface area (Å²) in [4.78, 5) is 17.0. The summed E-state index contributed by atoms with van der Waals surface area (Å²) >= 11 is 3.49. The van der Waals surface area contributed by atoms with Crippen LogP contribution in [0.5, 0.6) is 0 Å². The number of piperazine rings is 1. The number of nitrogens with zero attached hydrogens (tertiary/aromatic N) is 3. The van der Waals surface area contributed by atoms with E-state index in [1.165, 1.54) is 5.56 Å². The average molecular weight is 504 g/mol. The van der Waals surface area contributed by atoms with Gasteiger partial charge in [-0.15, -0.1) is 0 Å². The van der Waals surface area contributed by atoms with E-state index in [9.17, 15) is 13.2 Å². The van der Waals surface area contributed by atoms with E-state index in [0.29, 0.717) is 37.2 Å². The van der Waals surface area contributed by atoms with Crippen molar-refractivity contribution in [3.8, 4) is 0 Å². The Bertz CT molecular complexity index is 1090. The molecular weight excluding hydrogens is 478 g/mol. The van der Waals surface area contributed by atoms with E-state index in [1.807, 2.05) is 24.3 Å². The summed E-state index contributed by atoms with van der Waals surface area (Å²) in [5, 5.41) is 0. The van der Waals surface area contributed by atoms with Crippen LogP contribution < -0.4 is 4.90 Å². The number of amides is 1. The maximum atomic E-state index is 13.5. The van der Waals surface area contributed by atoms with Gasteiger partial charge in [0.15, 0.2) is 0 Å². The summed E-state index contributed by atoms with van der Waals surface area (Å²) in [6, 6.07) is 13.8. The van der Waals surface area contributed by atoms with Gasteiger partial charge in [-0.2, -0.15) is 4.31 Å². The highest BCUT2D eigenvalue weighted by molar-refractivity contribution is 9.10. The van der Waals surface area contributed by atoms with Gasteiger partial charge >= 0.3 is 0 Å². The minimum Gasteiger partial charge on any atom is -0.312 e. The molecule has 1 saturated carbocycles. The normalized spacial score (nSPS) is 20.1. The Labute approximate surface area is 192 Å². The van der Waals surface area contributed by atoms with E-state index in [-0.39, 0.29) is 16.7 Å². The quantitative estimate of drug-likeness (QED) is 0.628. The second-order valence-electron chi connectivity index (χ2n) is 8.59. The third-order valence-electron chi connectivity index (χ3n) is 6.42. The Morgan fingerprint density at radius 3 is 2.39 bits per heavy atom. The number of carbonyl (C=O) groups is 1. The van der Waals surface area contributed by atoms with Crippen molar-refractivity contribution in [2.75, 3.05) is 37.6 Å². The van der Waals surface area contributed by atoms with Crippen molar-refractivity contribution in [1.29, 1.82) is 0 Å². The van der Waals surface area contributed by atoms with Gasteiger partial charge in [-0.05, 0) is 58.5 Å². The number of benzene rings is 2. The Morgan fingerprint density at radius 2 is 1.71 bits per heavy atom. The summed E-state index contributed by atoms with van der Waals surface area (Å²) in [5.41, 5.74) is 3.04. The number of sulfonamides is 1. The fraction of sp³-hybridized carbons (Fsp3) is 0.435. The van der Waals surface area contributed by atoms with Crippen LogP contribution in [0, 0.1) is 5.92 Å². The molecular formula is C23H26BrN3O3S. The minimum atomic E-state index is -3.64. The lowest BCUT2D eigenvalue weighted by atomic mass is 10.2. The zero-order chi connectivity index (χ0) is 21.6. The molecule has 6 nitrogen and oxygen atoms in total. The molecule has 0 atom stereocenters. The zero-order valence-electron chi connectivity index (χ0n) is 17.3. The standard InChI is InChI=1S/C23H26BrN3O3S/c24-20-14-19-8-9-27(23(28)18-6-7-18)21(19)15-22(20)31(29,30)26-12-10-25(11-13-26)16-17-4-2-1-3-5-17/h1-5,14-15,18H,6-13,16H2. The molecule has 0 radical (unpaired) electrons. The monoisotopic (exact) mass is 503 g/mol. The maximum Gasteiger partial charge on any atom is 0.244 e. The van der Waals surface area contributed by atoms with E-state index in [0.717, 1.165) is 37.1 Å². The molecule has 31 heavy (non-hydrogen) atoms. The van der Waals surface area contributed by atoms with E-state index < -0.39 is 10.0 Å². The summed E-state index contributed by atoms with van der Waals surface area (Å²) in [6.07, 6.45) is 2.66. The van der Waals surface area contributed by atoms with Gasteiger partial charge in [0, 0.05) is 55.3 Å². The predicted octanol–water partition coefficient (Wildman–Crippen LogP) is 3.25. The molecule has 2 aliphatic heterocycles. The van der Waals surface area contributed by atoms with Crippen molar-refractivity contribution >= 4 is 37.5 Å². The highest BCUT2D eigenvalue weighted by atomic mass is 79.9. The Morgan fingerprint density at radius 1 is 1.00 bits per heavy atom. The van der Waals surface area contributed by atoms with Crippen molar-refractivity contribution in [3.05, 3.63) is 58.1 Å². The van der Waals surface area contributed by atoms with Gasteiger partial charge in [0.1, 0.15) is 0 Å². The summed E-state index contributed by atoms with van der Waals surface area (Å²) in [7, 11) is -3.64. The first kappa shape index (κ1) is 21.1. The molecule has 1 amide bonds. The van der Waals surface area contributed by atoms with Crippen molar-refractivity contribution in [2.24, 2.45) is 5.92 Å². The van der Waals surface area contributed by atoms with Crippen LogP contribution in [0.4, 0.5) is 5.69 Å². The number of hydrogen-bond acceptors (Lipinski definition) is 4. The fourth-order valence-corrected chi connectivity index (χ4v) is 6.97. The smallest absolute Gasteiger partial charge is 0.244 e. The van der Waals surface area contributed by atoms with Crippen LogP contribution in [-0.4, -0.2) is 56.3 Å². The maximum absolute atomic E-state index is 13.5. The van der Waals surface area contributed by atoms with Crippen LogP contribution in [0.3, 0.4) is 0 Å². The van der Waals surface area contributed by atoms with E-state index in [4.69, 9.17) is 0 Å². The van der Waals surface area contributed by atoms with Crippen molar-refractivity contribution < 1.29 is 13.2 Å². The lowest BCUT2D eigenvalue weighted by Crippen LogP contribution is -2.48. The predicted molar refractivity (Wildman–Crippen MR) is 123 cm³/mol. The third-order valence-corrected chi connectivity index (χ3v) is 9.28. The molecule has 0 aromatic heterocycles. The molecule has 164 valence electrons. The molecule has 1 aliphatic carbocycles. The highest BCUT2D eigenvalue weighted by Crippen LogP contribution is 2.40. The lowest BCUT2D eigenvalue weighted by Gasteiger charge is -2.34. The number of carbonyl (C=O) groups excluding carboxylic acids is 1. The summed E-state index contributed by atoms with van der Waals surface area (Å²) < 4.78 is 29.1. The van der Waals surface area contributed by atoms with Crippen LogP contribution in [0.15, 0.2) is 51.8 Å². The molecule has 5 rings (SSSR count). The second kappa shape index (κ2) is 8.31. The number of hydrogen-bond donors (Lipinski definition) is 0. The van der Waals surface area contributed by atoms with Gasteiger partial charge in [0.2, 0.25) is 15.9 Å². The molecule has 0 spiro atoms. The number of halogens is 1. The summed E-state index contributed by atoms with van der Waals surface area (Å²) in [5.74, 6) is 0.256. The van der Waals surface area contributed by atoms with Crippen LogP contribution in [-0.2, 0) is 27.8 Å². The van der Waals surface area contributed by atoms with Gasteiger partial charge in [0.25, 0.3) is 0 Å². The number of anilines is 1. The molecule has 2 fully saturated rings. The molecule has 8 heteroatoms. The number of rotatable bonds is 5. The lowest BCUT2D eigenvalue weighted by molar-refractivity contribution is -0.119. The van der Waals surface area contributed by atoms with Crippen LogP contribution in [0.1, 0.15) is 24.0 Å². The molecule has 0 unspecified atom stereocenters. The van der Waals surface area contributed by atoms with Gasteiger partial charge in [-0.3, -0.25) is 9.69 Å². The van der Waals surface area contributed by atoms with Crippen LogP contribution >= 0.6 is 15.9 Å². The third kappa shape index (κ3) is 4.18. The highest BCUT2D eigenvalue weighted by Gasteiger charge is 2.38. The van der Waals surface area contributed by atoms with Crippen molar-refractivity contribution in [1.82, 2.24) is 9.21 Å². The average Bonchev–Trinajstić information content (AvgIpc) is 3.54. The van der Waals surface area contributed by atoms with Gasteiger partial charge in [-0.1, -0.05) is 30.3 Å². The molecule has 1 saturated heterocycles. The molecule has 0 N–H and O–H groups in total. The first-order chi connectivity index (χ1) is 14.9. The zero-order valence-corrected chi connectivity index (χ0v) is 19.7. The molecule has 2 heterocycles. The molecule has 2 aromatic carbocycles. The van der Waals surface area contributed by atoms with Gasteiger partial charge < -0.3 is 4.90 Å². The van der Waals surface area contributed by atoms with Crippen LogP contribution in [0.2, 0.25) is 0 Å². The van der Waals surface area contributed by atoms with Gasteiger partial charge in [-0.25, -0.2) is 8.42 Å². The molecule has 2 aromatic rings. The first-order valence-electron chi connectivity index (χ1n) is 10.8. The molecule has 3 aliphatic rings. The van der Waals surface area contributed by atoms with Crippen molar-refractivity contribution in [2.45, 2.75) is 30.7 Å². The Balaban J connectivity index is 1.33.